The fourth-order valence-corrected chi connectivity index (χ4v) is 5.19. The molecule has 0 saturated carbocycles. The molecule has 2 heterocycles. The van der Waals surface area contributed by atoms with Crippen LogP contribution in [0.15, 0.2) is 42.5 Å². The molecule has 4 rings (SSSR count). The molecule has 0 fully saturated rings. The molecule has 0 bridgehead atoms. The summed E-state index contributed by atoms with van der Waals surface area (Å²) in [5, 5.41) is 2.33. The van der Waals surface area contributed by atoms with Gasteiger partial charge in [0.25, 0.3) is 0 Å². The van der Waals surface area contributed by atoms with Gasteiger partial charge < -0.3 is 9.87 Å². The van der Waals surface area contributed by atoms with Crippen molar-refractivity contribution in [3.05, 3.63) is 82.1 Å². The fourth-order valence-electron chi connectivity index (χ4n) is 4.80. The van der Waals surface area contributed by atoms with Crippen LogP contribution in [0, 0.1) is 19.3 Å². The number of pyridine rings is 1. The van der Waals surface area contributed by atoms with E-state index >= 15 is 0 Å². The van der Waals surface area contributed by atoms with E-state index in [2.05, 4.69) is 20.3 Å². The third-order valence-electron chi connectivity index (χ3n) is 6.57. The fraction of sp³-hybridized carbons (Fsp3) is 0.370. The van der Waals surface area contributed by atoms with Crippen molar-refractivity contribution < 1.29 is 18.4 Å². The molecule has 1 aliphatic rings. The molecule has 0 radical (unpaired) electrons. The summed E-state index contributed by atoms with van der Waals surface area (Å²) in [7, 11) is 0. The van der Waals surface area contributed by atoms with Crippen LogP contribution in [0.2, 0.25) is 0 Å². The van der Waals surface area contributed by atoms with E-state index in [1.165, 1.54) is 0 Å². The molecule has 1 aliphatic carbocycles. The van der Waals surface area contributed by atoms with E-state index < -0.39 is 27.7 Å². The molecule has 0 aliphatic heterocycles. The van der Waals surface area contributed by atoms with Crippen LogP contribution in [0.3, 0.4) is 0 Å². The van der Waals surface area contributed by atoms with Crippen molar-refractivity contribution in [2.75, 3.05) is 5.32 Å². The zero-order chi connectivity index (χ0) is 26.2. The van der Waals surface area contributed by atoms with Crippen LogP contribution in [-0.2, 0) is 28.7 Å². The number of nitrogens with zero attached hydrogens (tertiary/aromatic N) is 3. The molecular formula is C27H30N4O4S. The minimum absolute atomic E-state index is 0.0257. The van der Waals surface area contributed by atoms with E-state index in [0.29, 0.717) is 29.3 Å². The number of amides is 1. The van der Waals surface area contributed by atoms with Gasteiger partial charge in [0.05, 0.1) is 29.0 Å². The smallest absolute Gasteiger partial charge is 0.229 e. The highest BCUT2D eigenvalue weighted by molar-refractivity contribution is 7.79. The molecule has 3 aromatic rings. The van der Waals surface area contributed by atoms with E-state index in [9.17, 15) is 18.4 Å². The number of rotatable bonds is 6. The first-order valence-electron chi connectivity index (χ1n) is 11.8. The number of anilines is 1. The molecule has 1 amide bonds. The molecule has 2 aromatic heterocycles. The predicted molar refractivity (Wildman–Crippen MR) is 138 cm³/mol. The summed E-state index contributed by atoms with van der Waals surface area (Å²) in [6.45, 7) is 9.47. The van der Waals surface area contributed by atoms with Crippen molar-refractivity contribution in [1.29, 1.82) is 0 Å². The number of benzene rings is 1. The highest BCUT2D eigenvalue weighted by Gasteiger charge is 2.44. The van der Waals surface area contributed by atoms with Crippen LogP contribution >= 0.6 is 0 Å². The van der Waals surface area contributed by atoms with Gasteiger partial charge in [-0.2, -0.15) is 0 Å². The van der Waals surface area contributed by atoms with Gasteiger partial charge in [-0.15, -0.1) is 0 Å². The third kappa shape index (κ3) is 5.42. The first-order valence-corrected chi connectivity index (χ1v) is 13.0. The molecule has 0 saturated heterocycles. The minimum Gasteiger partial charge on any atom is -0.310 e. The first kappa shape index (κ1) is 25.8. The van der Waals surface area contributed by atoms with Crippen molar-refractivity contribution in [3.8, 4) is 0 Å². The maximum absolute atomic E-state index is 13.5. The summed E-state index contributed by atoms with van der Waals surface area (Å²) >= 11 is -1.95. The Balaban J connectivity index is 1.50. The van der Waals surface area contributed by atoms with Crippen LogP contribution in [0.25, 0.3) is 0 Å². The minimum atomic E-state index is -1.95. The third-order valence-corrected chi connectivity index (χ3v) is 7.45. The van der Waals surface area contributed by atoms with Gasteiger partial charge in [0.1, 0.15) is 11.6 Å². The molecule has 9 heteroatoms. The average molecular weight is 507 g/mol. The number of carbonyl (C=O) groups excluding carboxylic acids is 2. The number of aryl methyl sites for hydroxylation is 2. The molecule has 8 nitrogen and oxygen atoms in total. The number of Topliss-reactive ketones (excluding diaryl/α,β-unsaturated/α-hetero) is 1. The average Bonchev–Trinajstić information content (AvgIpc) is 2.77. The second kappa shape index (κ2) is 9.99. The Morgan fingerprint density at radius 3 is 2.47 bits per heavy atom. The highest BCUT2D eigenvalue weighted by Crippen LogP contribution is 2.44. The lowest BCUT2D eigenvalue weighted by molar-refractivity contribution is -0.115. The van der Waals surface area contributed by atoms with Gasteiger partial charge in [0.15, 0.2) is 16.9 Å². The number of ketones is 1. The lowest BCUT2D eigenvalue weighted by Gasteiger charge is -2.37. The van der Waals surface area contributed by atoms with Crippen LogP contribution in [0.1, 0.15) is 76.3 Å². The van der Waals surface area contributed by atoms with Gasteiger partial charge in [-0.3, -0.25) is 9.59 Å². The van der Waals surface area contributed by atoms with Crippen LogP contribution in [0.5, 0.6) is 0 Å². The Hall–Kier alpha value is -3.30. The highest BCUT2D eigenvalue weighted by atomic mass is 32.2. The van der Waals surface area contributed by atoms with Crippen molar-refractivity contribution in [1.82, 2.24) is 15.0 Å². The molecule has 3 unspecified atom stereocenters. The zero-order valence-electron chi connectivity index (χ0n) is 21.0. The normalized spacial score (nSPS) is 18.3. The molecule has 2 N–H and O–H groups in total. The summed E-state index contributed by atoms with van der Waals surface area (Å²) in [6, 6.07) is 12.3. The van der Waals surface area contributed by atoms with Crippen LogP contribution < -0.4 is 5.32 Å². The summed E-state index contributed by atoms with van der Waals surface area (Å²) < 4.78 is 20.5. The van der Waals surface area contributed by atoms with Crippen LogP contribution in [-0.4, -0.2) is 35.4 Å². The van der Waals surface area contributed by atoms with Crippen molar-refractivity contribution >= 4 is 28.6 Å². The topological polar surface area (TPSA) is 122 Å². The largest absolute Gasteiger partial charge is 0.310 e. The second-order valence-corrected chi connectivity index (χ2v) is 11.3. The van der Waals surface area contributed by atoms with E-state index in [-0.39, 0.29) is 18.1 Å². The summed E-state index contributed by atoms with van der Waals surface area (Å²) in [4.78, 5) is 39.7. The molecular weight excluding hydrogens is 476 g/mol. The van der Waals surface area contributed by atoms with Gasteiger partial charge in [-0.1, -0.05) is 38.1 Å². The van der Waals surface area contributed by atoms with E-state index in [4.69, 9.17) is 0 Å². The molecule has 1 aromatic carbocycles. The predicted octanol–water partition coefficient (Wildman–Crippen LogP) is 4.50. The Labute approximate surface area is 213 Å². The first-order chi connectivity index (χ1) is 16.9. The number of hydrogen-bond acceptors (Lipinski definition) is 6. The molecule has 36 heavy (non-hydrogen) atoms. The second-order valence-electron chi connectivity index (χ2n) is 10.0. The maximum atomic E-state index is 13.5. The number of nitrogens with one attached hydrogen (secondary N) is 1. The van der Waals surface area contributed by atoms with Crippen molar-refractivity contribution in [2.45, 2.75) is 58.6 Å². The lowest BCUT2D eigenvalue weighted by atomic mass is 9.66. The van der Waals surface area contributed by atoms with Gasteiger partial charge in [0.2, 0.25) is 5.91 Å². The van der Waals surface area contributed by atoms with Gasteiger partial charge in [-0.25, -0.2) is 19.2 Å². The van der Waals surface area contributed by atoms with Gasteiger partial charge in [0, 0.05) is 11.3 Å². The van der Waals surface area contributed by atoms with Crippen molar-refractivity contribution in [3.63, 3.8) is 0 Å². The summed E-state index contributed by atoms with van der Waals surface area (Å²) in [5.41, 5.74) is 3.87. The van der Waals surface area contributed by atoms with E-state index in [1.54, 1.807) is 43.3 Å². The lowest BCUT2D eigenvalue weighted by Crippen LogP contribution is -2.37. The quantitative estimate of drug-likeness (QED) is 0.472. The molecule has 3 atom stereocenters. The SMILES string of the molecule is Cc1cc(C2C(=O)c3ccc(NC(=O)Cc4ccc(C(C)S(=O)O)cc4)nc3CC2(C)C)nc(C)n1. The Bertz CT molecular complexity index is 1330. The number of carbonyl (C=O) groups is 2. The number of fused-ring (bicyclic) bond motifs is 1. The zero-order valence-corrected chi connectivity index (χ0v) is 21.8. The maximum Gasteiger partial charge on any atom is 0.229 e. The Kier molecular flexibility index (Phi) is 7.15. The number of hydrogen-bond donors (Lipinski definition) is 2. The Morgan fingerprint density at radius 2 is 1.83 bits per heavy atom. The van der Waals surface area contributed by atoms with E-state index in [0.717, 1.165) is 22.5 Å². The Morgan fingerprint density at radius 1 is 1.14 bits per heavy atom. The van der Waals surface area contributed by atoms with Crippen molar-refractivity contribution in [2.24, 2.45) is 5.41 Å². The monoisotopic (exact) mass is 506 g/mol. The molecule has 188 valence electrons. The van der Waals surface area contributed by atoms with Crippen LogP contribution in [0.4, 0.5) is 5.82 Å². The molecule has 0 spiro atoms. The summed E-state index contributed by atoms with van der Waals surface area (Å²) in [5.74, 6) is 0.377. The number of aromatic nitrogens is 3. The summed E-state index contributed by atoms with van der Waals surface area (Å²) in [6.07, 6.45) is 0.699. The van der Waals surface area contributed by atoms with E-state index in [1.807, 2.05) is 33.8 Å². The van der Waals surface area contributed by atoms with Gasteiger partial charge >= 0.3 is 0 Å². The van der Waals surface area contributed by atoms with Gasteiger partial charge in [-0.05, 0) is 61.9 Å². The standard InChI is InChI=1S/C27H30N4O4S/c1-15-12-21(29-17(3)28-15)25-26(33)20-10-11-23(30-22(20)14-27(25,4)5)31-24(32)13-18-6-8-19(9-7-18)16(2)36(34)35/h6-12,16,25H,13-14H2,1-5H3,(H,34,35)(H,30,31,32).